The molecule has 0 bridgehead atoms. The van der Waals surface area contributed by atoms with E-state index in [0.717, 1.165) is 39.2 Å². The number of aliphatic hydroxyl groups is 1. The molecule has 0 aliphatic carbocycles. The van der Waals surface area contributed by atoms with Crippen LogP contribution < -0.4 is 16.0 Å². The number of benzene rings is 3. The molecule has 1 aliphatic heterocycles. The summed E-state index contributed by atoms with van der Waals surface area (Å²) in [6.45, 7) is 12.1. The fourth-order valence-electron chi connectivity index (χ4n) is 8.27. The lowest BCUT2D eigenvalue weighted by Crippen LogP contribution is -2.59. The number of carboxylic acid groups (broad SMARTS) is 1. The van der Waals surface area contributed by atoms with Gasteiger partial charge in [-0.2, -0.15) is 0 Å². The highest BCUT2D eigenvalue weighted by Crippen LogP contribution is 2.30. The molecular formula is C48H60N8O6. The van der Waals surface area contributed by atoms with Gasteiger partial charge in [0.15, 0.2) is 0 Å². The second-order valence-electron chi connectivity index (χ2n) is 18.4. The molecule has 0 spiro atoms. The van der Waals surface area contributed by atoms with Crippen LogP contribution in [0.1, 0.15) is 64.9 Å². The molecule has 1 saturated heterocycles. The molecule has 14 nitrogen and oxygen atoms in total. The molecule has 1 fully saturated rings. The monoisotopic (exact) mass is 844 g/mol. The quantitative estimate of drug-likeness (QED) is 0.0781. The van der Waals surface area contributed by atoms with E-state index < -0.39 is 59.0 Å². The van der Waals surface area contributed by atoms with E-state index in [1.54, 1.807) is 36.8 Å². The Balaban J connectivity index is 1.25. The fourth-order valence-corrected chi connectivity index (χ4v) is 8.27. The van der Waals surface area contributed by atoms with Crippen LogP contribution in [0.5, 0.6) is 0 Å². The third kappa shape index (κ3) is 11.1. The highest BCUT2D eigenvalue weighted by Gasteiger charge is 2.45. The molecule has 3 heterocycles. The lowest BCUT2D eigenvalue weighted by molar-refractivity contribution is -0.131. The average Bonchev–Trinajstić information content (AvgIpc) is 3.73. The second-order valence-corrected chi connectivity index (χ2v) is 18.4. The number of pyridine rings is 1. The molecule has 5 atom stereocenters. The summed E-state index contributed by atoms with van der Waals surface area (Å²) in [7, 11) is 1.93. The van der Waals surface area contributed by atoms with Crippen LogP contribution in [0.4, 0.5) is 9.59 Å². The Morgan fingerprint density at radius 2 is 1.42 bits per heavy atom. The number of aryl methyl sites for hydroxylation is 1. The van der Waals surface area contributed by atoms with Crippen molar-refractivity contribution in [3.63, 3.8) is 0 Å². The van der Waals surface area contributed by atoms with Crippen LogP contribution in [-0.4, -0.2) is 102 Å². The number of carbonyl (C=O) groups is 4. The predicted octanol–water partition coefficient (Wildman–Crippen LogP) is 6.18. The molecule has 62 heavy (non-hydrogen) atoms. The SMILES string of the molecule is Cn1c(CN2CCN([C@H](C(=O)N[C@@H](Cc3ccccc3)[C@@H](O)C[C@H](Cc3ccc(-c4ccccn4)cc3)NC(=O)[C@@H](NC(=O)O)C(C)(C)C)C(C)(C)C)C2=O)nc2ccccc21. The maximum Gasteiger partial charge on any atom is 0.405 e. The van der Waals surface area contributed by atoms with Gasteiger partial charge in [-0.1, -0.05) is 114 Å². The summed E-state index contributed by atoms with van der Waals surface area (Å²) in [5.74, 6) is -0.198. The van der Waals surface area contributed by atoms with E-state index in [0.29, 0.717) is 19.5 Å². The molecule has 2 aromatic heterocycles. The number of nitrogens with zero attached hydrogens (tertiary/aromatic N) is 5. The van der Waals surface area contributed by atoms with Crippen molar-refractivity contribution in [3.8, 4) is 11.3 Å². The summed E-state index contributed by atoms with van der Waals surface area (Å²) in [6.07, 6.45) is -0.196. The zero-order valence-electron chi connectivity index (χ0n) is 36.7. The van der Waals surface area contributed by atoms with Gasteiger partial charge in [-0.25, -0.2) is 14.6 Å². The minimum Gasteiger partial charge on any atom is -0.465 e. The normalized spacial score (nSPS) is 15.8. The number of imidazole rings is 1. The third-order valence-corrected chi connectivity index (χ3v) is 11.5. The van der Waals surface area contributed by atoms with Gasteiger partial charge in [-0.3, -0.25) is 14.6 Å². The van der Waals surface area contributed by atoms with E-state index in [1.807, 2.05) is 129 Å². The van der Waals surface area contributed by atoms with Crippen LogP contribution in [0.2, 0.25) is 0 Å². The molecule has 14 heteroatoms. The number of aliphatic hydroxyl groups excluding tert-OH is 1. The fraction of sp³-hybridized carbons (Fsp3) is 0.417. The van der Waals surface area contributed by atoms with Crippen molar-refractivity contribution < 1.29 is 29.4 Å². The Kier molecular flexibility index (Phi) is 14.0. The highest BCUT2D eigenvalue weighted by atomic mass is 16.4. The number of rotatable bonds is 16. The molecule has 6 rings (SSSR count). The number of urea groups is 1. The van der Waals surface area contributed by atoms with Crippen molar-refractivity contribution in [1.29, 1.82) is 0 Å². The van der Waals surface area contributed by atoms with Crippen molar-refractivity contribution in [3.05, 3.63) is 120 Å². The van der Waals surface area contributed by atoms with Crippen LogP contribution in [0.3, 0.4) is 0 Å². The topological polar surface area (TPSA) is 182 Å². The Hall–Kier alpha value is -6.28. The number of aromatic nitrogens is 3. The molecule has 1 aliphatic rings. The first-order valence-electron chi connectivity index (χ1n) is 21.2. The first-order chi connectivity index (χ1) is 29.4. The first-order valence-corrected chi connectivity index (χ1v) is 21.2. The van der Waals surface area contributed by atoms with Crippen LogP contribution in [0.25, 0.3) is 22.3 Å². The van der Waals surface area contributed by atoms with Crippen LogP contribution in [0.15, 0.2) is 103 Å². The zero-order chi connectivity index (χ0) is 44.8. The third-order valence-electron chi connectivity index (χ3n) is 11.5. The maximum absolute atomic E-state index is 14.7. The van der Waals surface area contributed by atoms with Crippen molar-refractivity contribution >= 4 is 35.0 Å². The molecule has 5 amide bonds. The van der Waals surface area contributed by atoms with Gasteiger partial charge in [-0.05, 0) is 65.5 Å². The van der Waals surface area contributed by atoms with E-state index in [2.05, 4.69) is 20.9 Å². The van der Waals surface area contributed by atoms with Gasteiger partial charge in [0.05, 0.1) is 35.4 Å². The number of nitrogens with one attached hydrogen (secondary N) is 3. The Bertz CT molecular complexity index is 2320. The molecule has 0 unspecified atom stereocenters. The van der Waals surface area contributed by atoms with Gasteiger partial charge in [0.1, 0.15) is 17.9 Å². The molecule has 3 aromatic carbocycles. The second kappa shape index (κ2) is 19.2. The number of amides is 5. The summed E-state index contributed by atoms with van der Waals surface area (Å²) in [6, 6.07) is 27.0. The summed E-state index contributed by atoms with van der Waals surface area (Å²) >= 11 is 0. The molecule has 5 N–H and O–H groups in total. The van der Waals surface area contributed by atoms with Crippen molar-refractivity contribution in [2.24, 2.45) is 17.9 Å². The number of hydrogen-bond donors (Lipinski definition) is 5. The Morgan fingerprint density at radius 3 is 2.05 bits per heavy atom. The standard InChI is InChI=1S/C48H60N8O6/c1-47(2,3)41(53-45(60)61)43(58)50-34(27-32-20-22-33(23-21-32)35-17-13-14-24-49-35)29-39(57)37(28-31-15-9-8-10-16-31)52-44(59)42(48(4,5)6)56-26-25-55(46(56)62)30-40-51-36-18-11-12-19-38(36)54(40)7/h8-24,34,37,39,41-42,53,57H,25-30H2,1-7H3,(H,50,58)(H,52,59)(H,60,61)/t34-,37-,39-,41+,42+/m0/s1. The van der Waals surface area contributed by atoms with E-state index >= 15 is 0 Å². The average molecular weight is 845 g/mol. The maximum atomic E-state index is 14.7. The molecule has 0 saturated carbocycles. The largest absolute Gasteiger partial charge is 0.465 e. The lowest BCUT2D eigenvalue weighted by atomic mass is 9.84. The minimum absolute atomic E-state index is 0.0179. The molecular weight excluding hydrogens is 785 g/mol. The minimum atomic E-state index is -1.33. The molecule has 0 radical (unpaired) electrons. The summed E-state index contributed by atoms with van der Waals surface area (Å²) in [5.41, 5.74) is 3.82. The van der Waals surface area contributed by atoms with Crippen LogP contribution in [-0.2, 0) is 36.0 Å². The van der Waals surface area contributed by atoms with Crippen LogP contribution >= 0.6 is 0 Å². The first kappa shape index (κ1) is 45.3. The van der Waals surface area contributed by atoms with E-state index in [-0.39, 0.29) is 25.4 Å². The van der Waals surface area contributed by atoms with E-state index in [4.69, 9.17) is 4.98 Å². The van der Waals surface area contributed by atoms with Crippen molar-refractivity contribution in [2.75, 3.05) is 13.1 Å². The van der Waals surface area contributed by atoms with Gasteiger partial charge in [0, 0.05) is 37.9 Å². The van der Waals surface area contributed by atoms with Gasteiger partial charge in [-0.15, -0.1) is 0 Å². The number of hydrogen-bond acceptors (Lipinski definition) is 7. The van der Waals surface area contributed by atoms with E-state index in [1.165, 1.54) is 0 Å². The summed E-state index contributed by atoms with van der Waals surface area (Å²) in [5, 5.41) is 30.4. The number of fused-ring (bicyclic) bond motifs is 1. The highest BCUT2D eigenvalue weighted by molar-refractivity contribution is 5.89. The van der Waals surface area contributed by atoms with Gasteiger partial charge in [0.25, 0.3) is 0 Å². The number of para-hydroxylation sites is 2. The smallest absolute Gasteiger partial charge is 0.405 e. The van der Waals surface area contributed by atoms with Gasteiger partial charge < -0.3 is 40.5 Å². The van der Waals surface area contributed by atoms with Crippen LogP contribution in [0, 0.1) is 10.8 Å². The predicted molar refractivity (Wildman–Crippen MR) is 239 cm³/mol. The van der Waals surface area contributed by atoms with Crippen molar-refractivity contribution in [1.82, 2.24) is 40.3 Å². The van der Waals surface area contributed by atoms with Crippen molar-refractivity contribution in [2.45, 2.75) is 97.6 Å². The Morgan fingerprint density at radius 1 is 0.758 bits per heavy atom. The lowest BCUT2D eigenvalue weighted by Gasteiger charge is -2.38. The van der Waals surface area contributed by atoms with E-state index in [9.17, 15) is 29.4 Å². The molecule has 328 valence electrons. The van der Waals surface area contributed by atoms with Gasteiger partial charge >= 0.3 is 12.1 Å². The van der Waals surface area contributed by atoms with Gasteiger partial charge in [0.2, 0.25) is 11.8 Å². The Labute approximate surface area is 363 Å². The summed E-state index contributed by atoms with van der Waals surface area (Å²) < 4.78 is 1.98. The summed E-state index contributed by atoms with van der Waals surface area (Å²) in [4.78, 5) is 67.1. The number of carbonyl (C=O) groups excluding carboxylic acids is 3. The zero-order valence-corrected chi connectivity index (χ0v) is 36.7. The molecule has 5 aromatic rings.